The third-order valence-corrected chi connectivity index (χ3v) is 7.38. The fraction of sp³-hybridized carbons (Fsp3) is 0.735. The number of aliphatic carboxylic acids is 1. The van der Waals surface area contributed by atoms with Gasteiger partial charge in [-0.2, -0.15) is 0 Å². The fourth-order valence-electron chi connectivity index (χ4n) is 4.50. The lowest BCUT2D eigenvalue weighted by molar-refractivity contribution is -0.164. The first-order chi connectivity index (χ1) is 22.2. The molecule has 0 aliphatic heterocycles. The van der Waals surface area contributed by atoms with Crippen molar-refractivity contribution in [3.63, 3.8) is 0 Å². The Morgan fingerprint density at radius 2 is 1.02 bits per heavy atom. The van der Waals surface area contributed by atoms with Gasteiger partial charge in [0.05, 0.1) is 12.8 Å². The number of hydroxylamine groups is 4. The minimum absolute atomic E-state index is 0.132. The summed E-state index contributed by atoms with van der Waals surface area (Å²) in [6.45, 7) is 9.19. The molecule has 0 aromatic heterocycles. The second kappa shape index (κ2) is 25.8. The molecule has 0 radical (unpaired) electrons. The van der Waals surface area contributed by atoms with Crippen LogP contribution in [0.15, 0.2) is 24.3 Å². The third kappa shape index (κ3) is 23.6. The molecule has 0 aromatic carbocycles. The predicted molar refractivity (Wildman–Crippen MR) is 178 cm³/mol. The number of hydrogen-bond donors (Lipinski definition) is 6. The molecule has 0 aliphatic rings. The zero-order valence-electron chi connectivity index (χ0n) is 28.9. The van der Waals surface area contributed by atoms with Crippen molar-refractivity contribution in [3.05, 3.63) is 24.3 Å². The Kier molecular flexibility index (Phi) is 24.0. The van der Waals surface area contributed by atoms with E-state index in [1.165, 1.54) is 12.2 Å². The third-order valence-electron chi connectivity index (χ3n) is 7.38. The lowest BCUT2D eigenvalue weighted by atomic mass is 9.94. The molecular weight excluding hydrogens is 608 g/mol. The highest BCUT2D eigenvalue weighted by Crippen LogP contribution is 2.16. The summed E-state index contributed by atoms with van der Waals surface area (Å²) in [7, 11) is 0. The maximum absolute atomic E-state index is 12.3. The van der Waals surface area contributed by atoms with Gasteiger partial charge < -0.3 is 20.8 Å². The van der Waals surface area contributed by atoms with Crippen molar-refractivity contribution < 1.29 is 44.6 Å². The number of nitrogens with zero attached hydrogens (tertiary/aromatic N) is 2. The van der Waals surface area contributed by atoms with Gasteiger partial charge in [-0.3, -0.25) is 29.6 Å². The topological polar surface area (TPSA) is 197 Å². The van der Waals surface area contributed by atoms with Crippen LogP contribution in [-0.4, -0.2) is 92.1 Å². The highest BCUT2D eigenvalue weighted by molar-refractivity contribution is 5.91. The number of hydrogen-bond acceptors (Lipinski definition) is 8. The van der Waals surface area contributed by atoms with Crippen LogP contribution in [0.1, 0.15) is 118 Å². The number of carbonyl (C=O) groups excluding carboxylic acids is 4. The van der Waals surface area contributed by atoms with E-state index in [1.54, 1.807) is 12.2 Å². The van der Waals surface area contributed by atoms with Crippen molar-refractivity contribution in [2.45, 2.75) is 123 Å². The molecule has 47 heavy (non-hydrogen) atoms. The molecule has 0 aromatic rings. The predicted octanol–water partition coefficient (Wildman–Crippen LogP) is 4.36. The zero-order chi connectivity index (χ0) is 35.7. The number of carbonyl (C=O) groups is 5. The smallest absolute Gasteiger partial charge is 0.336 e. The Morgan fingerprint density at radius 1 is 0.638 bits per heavy atom. The number of unbranched alkanes of at least 4 members (excludes halogenated alkanes) is 6. The van der Waals surface area contributed by atoms with Gasteiger partial charge >= 0.3 is 5.97 Å². The zero-order valence-corrected chi connectivity index (χ0v) is 28.9. The molecule has 4 amide bonds. The number of nitrogens with one attached hydrogen (secondary N) is 2. The summed E-state index contributed by atoms with van der Waals surface area (Å²) in [6, 6.07) is 0. The van der Waals surface area contributed by atoms with E-state index < -0.39 is 48.0 Å². The molecule has 13 heteroatoms. The van der Waals surface area contributed by atoms with Gasteiger partial charge in [0.25, 0.3) is 11.8 Å². The minimum atomic E-state index is -2.58. The van der Waals surface area contributed by atoms with Crippen LogP contribution in [0.4, 0.5) is 0 Å². The molecule has 0 unspecified atom stereocenters. The summed E-state index contributed by atoms with van der Waals surface area (Å²) < 4.78 is 0. The first-order valence-electron chi connectivity index (χ1n) is 17.0. The second-order valence-corrected chi connectivity index (χ2v) is 12.9. The maximum Gasteiger partial charge on any atom is 0.336 e. The standard InChI is InChI=1S/C34H60N4O9/c1-27(2)17-9-5-11-19-31(41)37(46)23-15-7-13-21-35-29(39)25-34(45,33(43)44)26-30(40)36-22-14-8-16-24-38(47)32(42)20-12-6-10-18-28(3)4/h11-12,19-20,27-28,45-47H,5-10,13-18,21-26H2,1-4H3,(H,35,39)(H,36,40)(H,43,44)/b19-11+,20-12+. The molecule has 0 heterocycles. The Balaban J connectivity index is 4.21. The summed E-state index contributed by atoms with van der Waals surface area (Å²) in [4.78, 5) is 60.1. The van der Waals surface area contributed by atoms with E-state index in [9.17, 15) is 44.6 Å². The van der Waals surface area contributed by atoms with E-state index in [4.69, 9.17) is 0 Å². The molecule has 0 rings (SSSR count). The van der Waals surface area contributed by atoms with Crippen molar-refractivity contribution in [3.8, 4) is 0 Å². The van der Waals surface area contributed by atoms with E-state index in [1.807, 2.05) is 0 Å². The van der Waals surface area contributed by atoms with Crippen LogP contribution < -0.4 is 10.6 Å². The molecule has 13 nitrogen and oxygen atoms in total. The Labute approximate surface area is 280 Å². The van der Waals surface area contributed by atoms with Crippen LogP contribution in [0.3, 0.4) is 0 Å². The Hall–Kier alpha value is -3.29. The van der Waals surface area contributed by atoms with Crippen LogP contribution in [0, 0.1) is 11.8 Å². The van der Waals surface area contributed by atoms with Gasteiger partial charge in [-0.05, 0) is 76.0 Å². The molecule has 0 saturated heterocycles. The molecule has 6 N–H and O–H groups in total. The summed E-state index contributed by atoms with van der Waals surface area (Å²) >= 11 is 0. The number of amides is 4. The average Bonchev–Trinajstić information content (AvgIpc) is 2.99. The fourth-order valence-corrected chi connectivity index (χ4v) is 4.50. The van der Waals surface area contributed by atoms with Crippen LogP contribution in [0.2, 0.25) is 0 Å². The van der Waals surface area contributed by atoms with Crippen molar-refractivity contribution in [1.29, 1.82) is 0 Å². The van der Waals surface area contributed by atoms with Crippen molar-refractivity contribution in [1.82, 2.24) is 20.8 Å². The number of carboxylic acid groups (broad SMARTS) is 1. The molecule has 0 bridgehead atoms. The van der Waals surface area contributed by atoms with E-state index in [0.717, 1.165) is 38.5 Å². The van der Waals surface area contributed by atoms with Crippen LogP contribution in [0.25, 0.3) is 0 Å². The number of aliphatic hydroxyl groups is 1. The van der Waals surface area contributed by atoms with Crippen molar-refractivity contribution >= 4 is 29.6 Å². The van der Waals surface area contributed by atoms with Gasteiger partial charge in [0.1, 0.15) is 0 Å². The molecule has 0 aliphatic carbocycles. The normalized spacial score (nSPS) is 11.9. The lowest BCUT2D eigenvalue weighted by Gasteiger charge is -2.22. The Morgan fingerprint density at radius 3 is 1.36 bits per heavy atom. The second-order valence-electron chi connectivity index (χ2n) is 12.9. The molecule has 0 fully saturated rings. The summed E-state index contributed by atoms with van der Waals surface area (Å²) in [5, 5.41) is 46.1. The summed E-state index contributed by atoms with van der Waals surface area (Å²) in [5.74, 6) is -2.91. The van der Waals surface area contributed by atoms with Gasteiger partial charge in [-0.15, -0.1) is 0 Å². The first kappa shape index (κ1) is 43.7. The van der Waals surface area contributed by atoms with Gasteiger partial charge in [0.2, 0.25) is 11.8 Å². The van der Waals surface area contributed by atoms with Crippen LogP contribution >= 0.6 is 0 Å². The molecule has 0 spiro atoms. The summed E-state index contributed by atoms with van der Waals surface area (Å²) in [5.41, 5.74) is -2.58. The van der Waals surface area contributed by atoms with Gasteiger partial charge in [0, 0.05) is 38.3 Å². The SMILES string of the molecule is CC(C)CCC/C=C/C(=O)N(O)CCCCCNC(=O)CC(O)(CC(=O)NCCCCCN(O)C(=O)/C=C/CCCC(C)C)C(=O)O. The number of allylic oxidation sites excluding steroid dienone is 2. The molecule has 270 valence electrons. The van der Waals surface area contributed by atoms with E-state index in [-0.39, 0.29) is 26.2 Å². The molecular formula is C34H60N4O9. The lowest BCUT2D eigenvalue weighted by Crippen LogP contribution is -2.47. The largest absolute Gasteiger partial charge is 0.479 e. The molecule has 0 atom stereocenters. The highest BCUT2D eigenvalue weighted by atomic mass is 16.5. The first-order valence-corrected chi connectivity index (χ1v) is 17.0. The van der Waals surface area contributed by atoms with Gasteiger partial charge in [-0.1, -0.05) is 52.7 Å². The van der Waals surface area contributed by atoms with Crippen LogP contribution in [0.5, 0.6) is 0 Å². The van der Waals surface area contributed by atoms with E-state index in [0.29, 0.717) is 60.5 Å². The highest BCUT2D eigenvalue weighted by Gasteiger charge is 2.40. The summed E-state index contributed by atoms with van der Waals surface area (Å²) in [6.07, 6.45) is 13.4. The van der Waals surface area contributed by atoms with Crippen molar-refractivity contribution in [2.75, 3.05) is 26.2 Å². The van der Waals surface area contributed by atoms with Gasteiger partial charge in [-0.25, -0.2) is 14.9 Å². The van der Waals surface area contributed by atoms with Gasteiger partial charge in [0.15, 0.2) is 5.60 Å². The van der Waals surface area contributed by atoms with Crippen molar-refractivity contribution in [2.24, 2.45) is 11.8 Å². The average molecular weight is 669 g/mol. The monoisotopic (exact) mass is 668 g/mol. The minimum Gasteiger partial charge on any atom is -0.479 e. The van der Waals surface area contributed by atoms with E-state index >= 15 is 0 Å². The van der Waals surface area contributed by atoms with E-state index in [2.05, 4.69) is 38.3 Å². The van der Waals surface area contributed by atoms with Crippen LogP contribution in [-0.2, 0) is 24.0 Å². The maximum atomic E-state index is 12.3. The molecule has 0 saturated carbocycles. The quantitative estimate of drug-likeness (QED) is 0.0319. The Bertz CT molecular complexity index is 930. The number of carboxylic acids is 1. The number of rotatable bonds is 27.